The summed E-state index contributed by atoms with van der Waals surface area (Å²) in [6.45, 7) is 0.556. The molecule has 2 amide bonds. The maximum absolute atomic E-state index is 12.4. The first-order chi connectivity index (χ1) is 9.00. The van der Waals surface area contributed by atoms with Crippen molar-refractivity contribution in [3.63, 3.8) is 0 Å². The molecule has 0 spiro atoms. The Morgan fingerprint density at radius 3 is 2.37 bits per heavy atom. The van der Waals surface area contributed by atoms with Crippen molar-refractivity contribution < 1.29 is 19.5 Å². The third kappa shape index (κ3) is 2.88. The van der Waals surface area contributed by atoms with Crippen LogP contribution in [-0.2, 0) is 14.4 Å². The van der Waals surface area contributed by atoms with Crippen LogP contribution >= 0.6 is 0 Å². The van der Waals surface area contributed by atoms with E-state index in [2.05, 4.69) is 0 Å². The molecule has 1 aliphatic heterocycles. The van der Waals surface area contributed by atoms with Crippen LogP contribution in [0.1, 0.15) is 38.5 Å². The molecule has 6 nitrogen and oxygen atoms in total. The fourth-order valence-electron chi connectivity index (χ4n) is 3.20. The van der Waals surface area contributed by atoms with E-state index in [0.717, 1.165) is 12.8 Å². The quantitative estimate of drug-likeness (QED) is 0.771. The predicted molar refractivity (Wildman–Crippen MR) is 67.0 cm³/mol. The second kappa shape index (κ2) is 5.59. The number of primary amides is 1. The number of carboxylic acids is 1. The zero-order valence-electron chi connectivity index (χ0n) is 10.9. The highest BCUT2D eigenvalue weighted by atomic mass is 16.4. The number of nitrogens with two attached hydrogens (primary N) is 1. The zero-order chi connectivity index (χ0) is 14.0. The lowest BCUT2D eigenvalue weighted by Gasteiger charge is -2.31. The molecule has 19 heavy (non-hydrogen) atoms. The Hall–Kier alpha value is -1.59. The normalized spacial score (nSPS) is 31.2. The molecule has 2 aliphatic rings. The second-order valence-electron chi connectivity index (χ2n) is 5.49. The summed E-state index contributed by atoms with van der Waals surface area (Å²) in [4.78, 5) is 36.3. The van der Waals surface area contributed by atoms with Crippen LogP contribution in [0.3, 0.4) is 0 Å². The number of nitrogens with zero attached hydrogens (tertiary/aromatic N) is 1. The van der Waals surface area contributed by atoms with Crippen molar-refractivity contribution in [3.05, 3.63) is 0 Å². The number of aliphatic carboxylic acids is 1. The highest BCUT2D eigenvalue weighted by Crippen LogP contribution is 2.32. The van der Waals surface area contributed by atoms with Crippen LogP contribution in [0.2, 0.25) is 0 Å². The van der Waals surface area contributed by atoms with Crippen molar-refractivity contribution in [1.82, 2.24) is 4.90 Å². The van der Waals surface area contributed by atoms with E-state index in [4.69, 9.17) is 10.8 Å². The smallest absolute Gasteiger partial charge is 0.306 e. The summed E-state index contributed by atoms with van der Waals surface area (Å²) in [5, 5.41) is 9.04. The van der Waals surface area contributed by atoms with Crippen LogP contribution in [0, 0.1) is 11.8 Å². The molecule has 3 unspecified atom stereocenters. The summed E-state index contributed by atoms with van der Waals surface area (Å²) in [5.74, 6) is -2.08. The molecular weight excluding hydrogens is 248 g/mol. The molecule has 0 aromatic rings. The van der Waals surface area contributed by atoms with Gasteiger partial charge in [-0.25, -0.2) is 0 Å². The first-order valence-corrected chi connectivity index (χ1v) is 6.83. The molecule has 6 heteroatoms. The zero-order valence-corrected chi connectivity index (χ0v) is 10.9. The molecular formula is C13H20N2O4. The van der Waals surface area contributed by atoms with Crippen LogP contribution in [0.5, 0.6) is 0 Å². The van der Waals surface area contributed by atoms with E-state index >= 15 is 0 Å². The highest BCUT2D eigenvalue weighted by molar-refractivity contribution is 5.88. The first kappa shape index (κ1) is 13.8. The van der Waals surface area contributed by atoms with Gasteiger partial charge in [0, 0.05) is 12.5 Å². The van der Waals surface area contributed by atoms with Gasteiger partial charge < -0.3 is 15.7 Å². The number of hydrogen-bond acceptors (Lipinski definition) is 3. The Morgan fingerprint density at radius 1 is 1.05 bits per heavy atom. The van der Waals surface area contributed by atoms with E-state index in [0.29, 0.717) is 32.2 Å². The fourth-order valence-corrected chi connectivity index (χ4v) is 3.20. The largest absolute Gasteiger partial charge is 0.481 e. The molecule has 0 bridgehead atoms. The Kier molecular flexibility index (Phi) is 4.07. The summed E-state index contributed by atoms with van der Waals surface area (Å²) in [5.41, 5.74) is 5.30. The van der Waals surface area contributed by atoms with Gasteiger partial charge in [-0.3, -0.25) is 14.4 Å². The topological polar surface area (TPSA) is 101 Å². The minimum absolute atomic E-state index is 0.0905. The van der Waals surface area contributed by atoms with E-state index in [9.17, 15) is 14.4 Å². The molecule has 2 fully saturated rings. The van der Waals surface area contributed by atoms with Crippen molar-refractivity contribution in [2.24, 2.45) is 17.6 Å². The molecule has 0 radical (unpaired) electrons. The average molecular weight is 268 g/mol. The molecule has 2 rings (SSSR count). The van der Waals surface area contributed by atoms with E-state index in [1.54, 1.807) is 4.90 Å². The number of carboxylic acid groups (broad SMARTS) is 1. The summed E-state index contributed by atoms with van der Waals surface area (Å²) < 4.78 is 0. The standard InChI is InChI=1S/C13H20N2O4/c14-11(16)10-5-2-6-15(10)12(17)8-3-1-4-9(7-8)13(18)19/h8-10H,1-7H2,(H2,14,16)(H,18,19). The van der Waals surface area contributed by atoms with Crippen LogP contribution in [0.4, 0.5) is 0 Å². The second-order valence-corrected chi connectivity index (χ2v) is 5.49. The van der Waals surface area contributed by atoms with E-state index in [-0.39, 0.29) is 11.8 Å². The van der Waals surface area contributed by atoms with Gasteiger partial charge >= 0.3 is 5.97 Å². The number of likely N-dealkylation sites (tertiary alicyclic amines) is 1. The number of carbonyl (C=O) groups is 3. The van der Waals surface area contributed by atoms with Gasteiger partial charge in [0.1, 0.15) is 6.04 Å². The maximum atomic E-state index is 12.4. The minimum atomic E-state index is -0.828. The third-order valence-corrected chi connectivity index (χ3v) is 4.24. The van der Waals surface area contributed by atoms with Crippen LogP contribution in [-0.4, -0.2) is 40.4 Å². The maximum Gasteiger partial charge on any atom is 0.306 e. The van der Waals surface area contributed by atoms with Crippen LogP contribution in [0.25, 0.3) is 0 Å². The Labute approximate surface area is 111 Å². The number of amides is 2. The molecule has 3 atom stereocenters. The molecule has 1 saturated carbocycles. The van der Waals surface area contributed by atoms with E-state index in [1.165, 1.54) is 0 Å². The van der Waals surface area contributed by atoms with E-state index < -0.39 is 23.8 Å². The summed E-state index contributed by atoms with van der Waals surface area (Å²) in [7, 11) is 0. The minimum Gasteiger partial charge on any atom is -0.481 e. The summed E-state index contributed by atoms with van der Waals surface area (Å²) >= 11 is 0. The van der Waals surface area contributed by atoms with Gasteiger partial charge in [-0.05, 0) is 32.1 Å². The van der Waals surface area contributed by atoms with Gasteiger partial charge in [-0.2, -0.15) is 0 Å². The Morgan fingerprint density at radius 2 is 1.74 bits per heavy atom. The average Bonchev–Trinajstić information content (AvgIpc) is 2.87. The third-order valence-electron chi connectivity index (χ3n) is 4.24. The molecule has 106 valence electrons. The summed E-state index contributed by atoms with van der Waals surface area (Å²) in [6.07, 6.45) is 3.89. The molecule has 1 aliphatic carbocycles. The lowest BCUT2D eigenvalue weighted by molar-refractivity contribution is -0.147. The first-order valence-electron chi connectivity index (χ1n) is 6.83. The lowest BCUT2D eigenvalue weighted by Crippen LogP contribution is -2.47. The monoisotopic (exact) mass is 268 g/mol. The Balaban J connectivity index is 2.02. The highest BCUT2D eigenvalue weighted by Gasteiger charge is 2.38. The van der Waals surface area contributed by atoms with Crippen molar-refractivity contribution >= 4 is 17.8 Å². The summed E-state index contributed by atoms with van der Waals surface area (Å²) in [6, 6.07) is -0.502. The number of rotatable bonds is 3. The van der Waals surface area contributed by atoms with Crippen molar-refractivity contribution in [2.45, 2.75) is 44.6 Å². The van der Waals surface area contributed by atoms with Gasteiger partial charge in [-0.15, -0.1) is 0 Å². The van der Waals surface area contributed by atoms with Gasteiger partial charge in [-0.1, -0.05) is 6.42 Å². The lowest BCUT2D eigenvalue weighted by atomic mass is 9.80. The molecule has 1 heterocycles. The molecule has 0 aromatic carbocycles. The van der Waals surface area contributed by atoms with Gasteiger partial charge in [0.15, 0.2) is 0 Å². The number of hydrogen-bond donors (Lipinski definition) is 2. The van der Waals surface area contributed by atoms with Crippen molar-refractivity contribution in [1.29, 1.82) is 0 Å². The number of carbonyl (C=O) groups excluding carboxylic acids is 2. The van der Waals surface area contributed by atoms with Crippen LogP contribution < -0.4 is 5.73 Å². The molecule has 0 aromatic heterocycles. The van der Waals surface area contributed by atoms with Crippen molar-refractivity contribution in [2.75, 3.05) is 6.54 Å². The van der Waals surface area contributed by atoms with E-state index in [1.807, 2.05) is 0 Å². The van der Waals surface area contributed by atoms with Gasteiger partial charge in [0.2, 0.25) is 11.8 Å². The molecule has 1 saturated heterocycles. The molecule has 3 N–H and O–H groups in total. The Bertz CT molecular complexity index is 396. The van der Waals surface area contributed by atoms with Crippen molar-refractivity contribution in [3.8, 4) is 0 Å². The van der Waals surface area contributed by atoms with Gasteiger partial charge in [0.05, 0.1) is 5.92 Å². The van der Waals surface area contributed by atoms with Gasteiger partial charge in [0.25, 0.3) is 0 Å². The van der Waals surface area contributed by atoms with Crippen LogP contribution in [0.15, 0.2) is 0 Å². The fraction of sp³-hybridized carbons (Fsp3) is 0.769. The predicted octanol–water partition coefficient (Wildman–Crippen LogP) is 0.354. The SMILES string of the molecule is NC(=O)C1CCCN1C(=O)C1CCCC(C(=O)O)C1.